The molecule has 0 saturated heterocycles. The lowest BCUT2D eigenvalue weighted by Crippen LogP contribution is -2.30. The van der Waals surface area contributed by atoms with E-state index in [-0.39, 0.29) is 17.9 Å². The highest BCUT2D eigenvalue weighted by atomic mass is 16.5. The van der Waals surface area contributed by atoms with Crippen molar-refractivity contribution in [3.63, 3.8) is 0 Å². The minimum atomic E-state index is -0.161. The standard InChI is InChI=1S/C20H22N2O3/c1-13(23)21-17-5-3-4-16(12-17)20(24)22-19(14-6-7-14)15-8-10-18(25-2)11-9-15/h3-5,8-12,14,19H,6-7H2,1-2H3,(H,21,23)(H,22,24). The largest absolute Gasteiger partial charge is 0.497 e. The van der Waals surface area contributed by atoms with E-state index >= 15 is 0 Å². The Kier molecular flexibility index (Phi) is 5.03. The van der Waals surface area contributed by atoms with Crippen LogP contribution in [0.2, 0.25) is 0 Å². The molecule has 2 aromatic carbocycles. The van der Waals surface area contributed by atoms with E-state index in [9.17, 15) is 9.59 Å². The summed E-state index contributed by atoms with van der Waals surface area (Å²) < 4.78 is 5.20. The molecule has 3 rings (SSSR count). The highest BCUT2D eigenvalue weighted by Gasteiger charge is 2.33. The Morgan fingerprint density at radius 2 is 1.84 bits per heavy atom. The fraction of sp³-hybridized carbons (Fsp3) is 0.300. The van der Waals surface area contributed by atoms with Crippen LogP contribution < -0.4 is 15.4 Å². The van der Waals surface area contributed by atoms with Gasteiger partial charge in [0.05, 0.1) is 13.2 Å². The quantitative estimate of drug-likeness (QED) is 0.846. The van der Waals surface area contributed by atoms with Gasteiger partial charge in [-0.2, -0.15) is 0 Å². The molecule has 2 amide bonds. The van der Waals surface area contributed by atoms with E-state index in [1.165, 1.54) is 6.92 Å². The number of carbonyl (C=O) groups is 2. The number of amides is 2. The van der Waals surface area contributed by atoms with Gasteiger partial charge in [-0.25, -0.2) is 0 Å². The maximum Gasteiger partial charge on any atom is 0.251 e. The lowest BCUT2D eigenvalue weighted by atomic mass is 10.0. The Hall–Kier alpha value is -2.82. The van der Waals surface area contributed by atoms with Crippen LogP contribution in [0.3, 0.4) is 0 Å². The zero-order chi connectivity index (χ0) is 17.8. The van der Waals surface area contributed by atoms with Crippen molar-refractivity contribution in [2.45, 2.75) is 25.8 Å². The highest BCUT2D eigenvalue weighted by Crippen LogP contribution is 2.41. The number of anilines is 1. The van der Waals surface area contributed by atoms with Crippen LogP contribution in [-0.2, 0) is 4.79 Å². The molecule has 1 atom stereocenters. The number of rotatable bonds is 6. The molecule has 1 aliphatic carbocycles. The zero-order valence-electron chi connectivity index (χ0n) is 14.4. The molecular weight excluding hydrogens is 316 g/mol. The van der Waals surface area contributed by atoms with Crippen LogP contribution in [0.15, 0.2) is 48.5 Å². The molecule has 5 heteroatoms. The Labute approximate surface area is 147 Å². The number of hydrogen-bond acceptors (Lipinski definition) is 3. The number of ether oxygens (including phenoxy) is 1. The van der Waals surface area contributed by atoms with Crippen molar-refractivity contribution in [2.24, 2.45) is 5.92 Å². The van der Waals surface area contributed by atoms with E-state index in [4.69, 9.17) is 4.74 Å². The second-order valence-corrected chi connectivity index (χ2v) is 6.32. The molecule has 2 aromatic rings. The lowest BCUT2D eigenvalue weighted by Gasteiger charge is -2.19. The van der Waals surface area contributed by atoms with Crippen LogP contribution in [0.25, 0.3) is 0 Å². The smallest absolute Gasteiger partial charge is 0.251 e. The van der Waals surface area contributed by atoms with Crippen LogP contribution in [0.4, 0.5) is 5.69 Å². The molecule has 1 saturated carbocycles. The second kappa shape index (κ2) is 7.38. The third kappa shape index (κ3) is 4.38. The minimum absolute atomic E-state index is 0.0113. The number of carbonyl (C=O) groups excluding carboxylic acids is 2. The molecule has 0 bridgehead atoms. The molecule has 1 unspecified atom stereocenters. The number of methoxy groups -OCH3 is 1. The van der Waals surface area contributed by atoms with Gasteiger partial charge in [0.1, 0.15) is 5.75 Å². The first-order valence-electron chi connectivity index (χ1n) is 8.39. The number of nitrogens with one attached hydrogen (secondary N) is 2. The Balaban J connectivity index is 1.75. The fourth-order valence-electron chi connectivity index (χ4n) is 2.88. The molecule has 130 valence electrons. The SMILES string of the molecule is COc1ccc(C(NC(=O)c2cccc(NC(C)=O)c2)C2CC2)cc1. The second-order valence-electron chi connectivity index (χ2n) is 6.32. The van der Waals surface area contributed by atoms with Crippen LogP contribution in [0.1, 0.15) is 41.7 Å². The maximum atomic E-state index is 12.7. The molecule has 2 N–H and O–H groups in total. The number of benzene rings is 2. The first-order valence-corrected chi connectivity index (χ1v) is 8.39. The van der Waals surface area contributed by atoms with Crippen LogP contribution in [0.5, 0.6) is 5.75 Å². The Morgan fingerprint density at radius 1 is 1.12 bits per heavy atom. The van der Waals surface area contributed by atoms with Crippen molar-refractivity contribution in [1.29, 1.82) is 0 Å². The average Bonchev–Trinajstić information content (AvgIpc) is 3.44. The molecule has 0 spiro atoms. The summed E-state index contributed by atoms with van der Waals surface area (Å²) in [5.74, 6) is 0.968. The van der Waals surface area contributed by atoms with Crippen molar-refractivity contribution in [3.8, 4) is 5.75 Å². The summed E-state index contributed by atoms with van der Waals surface area (Å²) in [5, 5.41) is 5.84. The maximum absolute atomic E-state index is 12.7. The molecule has 0 aromatic heterocycles. The van der Waals surface area contributed by atoms with Gasteiger partial charge < -0.3 is 15.4 Å². The first kappa shape index (κ1) is 17.0. The minimum Gasteiger partial charge on any atom is -0.497 e. The molecule has 0 heterocycles. The molecule has 5 nitrogen and oxygen atoms in total. The summed E-state index contributed by atoms with van der Waals surface area (Å²) in [6.07, 6.45) is 2.23. The zero-order valence-corrected chi connectivity index (χ0v) is 14.4. The normalized spacial score (nSPS) is 14.5. The van der Waals surface area contributed by atoms with Crippen molar-refractivity contribution >= 4 is 17.5 Å². The van der Waals surface area contributed by atoms with Crippen molar-refractivity contribution in [1.82, 2.24) is 5.32 Å². The first-order chi connectivity index (χ1) is 12.1. The summed E-state index contributed by atoms with van der Waals surface area (Å²) in [5.41, 5.74) is 2.23. The van der Waals surface area contributed by atoms with Gasteiger partial charge in [-0.15, -0.1) is 0 Å². The number of hydrogen-bond donors (Lipinski definition) is 2. The predicted molar refractivity (Wildman–Crippen MR) is 96.7 cm³/mol. The highest BCUT2D eigenvalue weighted by molar-refractivity contribution is 5.97. The van der Waals surface area contributed by atoms with Gasteiger partial charge in [0, 0.05) is 18.2 Å². The summed E-state index contributed by atoms with van der Waals surface area (Å²) in [4.78, 5) is 23.9. The topological polar surface area (TPSA) is 67.4 Å². The Bertz CT molecular complexity index is 767. The van der Waals surface area contributed by atoms with Crippen LogP contribution >= 0.6 is 0 Å². The third-order valence-electron chi connectivity index (χ3n) is 4.30. The average molecular weight is 338 g/mol. The van der Waals surface area contributed by atoms with E-state index in [1.807, 2.05) is 24.3 Å². The third-order valence-corrected chi connectivity index (χ3v) is 4.30. The van der Waals surface area contributed by atoms with Gasteiger partial charge in [-0.3, -0.25) is 9.59 Å². The monoisotopic (exact) mass is 338 g/mol. The lowest BCUT2D eigenvalue weighted by molar-refractivity contribution is -0.114. The molecule has 25 heavy (non-hydrogen) atoms. The van der Waals surface area contributed by atoms with Crippen LogP contribution in [-0.4, -0.2) is 18.9 Å². The Morgan fingerprint density at radius 3 is 2.44 bits per heavy atom. The van der Waals surface area contributed by atoms with E-state index < -0.39 is 0 Å². The molecule has 1 fully saturated rings. The van der Waals surface area contributed by atoms with E-state index in [0.29, 0.717) is 17.2 Å². The van der Waals surface area contributed by atoms with Crippen LogP contribution in [0, 0.1) is 5.92 Å². The summed E-state index contributed by atoms with van der Waals surface area (Å²) >= 11 is 0. The van der Waals surface area contributed by atoms with Gasteiger partial charge in [0.15, 0.2) is 0 Å². The summed E-state index contributed by atoms with van der Waals surface area (Å²) in [6, 6.07) is 14.8. The summed E-state index contributed by atoms with van der Waals surface area (Å²) in [7, 11) is 1.64. The molecule has 0 aliphatic heterocycles. The van der Waals surface area contributed by atoms with Gasteiger partial charge in [-0.1, -0.05) is 18.2 Å². The van der Waals surface area contributed by atoms with Crippen molar-refractivity contribution < 1.29 is 14.3 Å². The molecule has 0 radical (unpaired) electrons. The summed E-state index contributed by atoms with van der Waals surface area (Å²) in [6.45, 7) is 1.44. The van der Waals surface area contributed by atoms with Crippen molar-refractivity contribution in [2.75, 3.05) is 12.4 Å². The fourth-order valence-corrected chi connectivity index (χ4v) is 2.88. The van der Waals surface area contributed by atoms with Gasteiger partial charge in [-0.05, 0) is 54.7 Å². The van der Waals surface area contributed by atoms with E-state index in [0.717, 1.165) is 24.2 Å². The van der Waals surface area contributed by atoms with Crippen molar-refractivity contribution in [3.05, 3.63) is 59.7 Å². The van der Waals surface area contributed by atoms with Gasteiger partial charge >= 0.3 is 0 Å². The molecule has 1 aliphatic rings. The van der Waals surface area contributed by atoms with Gasteiger partial charge in [0.2, 0.25) is 5.91 Å². The molecular formula is C20H22N2O3. The van der Waals surface area contributed by atoms with Gasteiger partial charge in [0.25, 0.3) is 5.91 Å². The van der Waals surface area contributed by atoms with E-state index in [1.54, 1.807) is 31.4 Å². The predicted octanol–water partition coefficient (Wildman–Crippen LogP) is 3.53. The van der Waals surface area contributed by atoms with E-state index in [2.05, 4.69) is 10.6 Å².